The Morgan fingerprint density at radius 1 is 1.67 bits per heavy atom. The number of amides is 3. The van der Waals surface area contributed by atoms with Gasteiger partial charge in [0.2, 0.25) is 0 Å². The molecule has 0 atom stereocenters. The molecule has 0 aromatic carbocycles. The largest absolute Gasteiger partial charge is 0.351 e. The Hall–Kier alpha value is -1.57. The van der Waals surface area contributed by atoms with Crippen LogP contribution in [0, 0.1) is 6.57 Å². The third-order valence-corrected chi connectivity index (χ3v) is 0.485. The highest BCUT2D eigenvalue weighted by atomic mass is 16.2. The van der Waals surface area contributed by atoms with Crippen LogP contribution < -0.4 is 11.1 Å². The molecule has 0 spiro atoms. The van der Waals surface area contributed by atoms with Crippen molar-refractivity contribution < 1.29 is 9.59 Å². The number of carbonyl (C=O) groups is 2. The first kappa shape index (κ1) is 7.43. The zero-order valence-corrected chi connectivity index (χ0v) is 4.55. The van der Waals surface area contributed by atoms with E-state index in [0.717, 1.165) is 0 Å². The van der Waals surface area contributed by atoms with Gasteiger partial charge in [0.25, 0.3) is 6.54 Å². The Morgan fingerprint density at radius 3 is 2.56 bits per heavy atom. The number of imide groups is 1. The lowest BCUT2D eigenvalue weighted by atomic mass is 10.6. The molecule has 5 nitrogen and oxygen atoms in total. The normalized spacial score (nSPS) is 7.44. The van der Waals surface area contributed by atoms with Gasteiger partial charge in [-0.3, -0.25) is 10.1 Å². The number of nitrogens with two attached hydrogens (primary N) is 1. The van der Waals surface area contributed by atoms with Crippen LogP contribution in [-0.4, -0.2) is 18.5 Å². The van der Waals surface area contributed by atoms with E-state index in [9.17, 15) is 9.59 Å². The highest BCUT2D eigenvalue weighted by molar-refractivity contribution is 5.95. The minimum atomic E-state index is -0.927. The fourth-order valence-electron chi connectivity index (χ4n) is 0.249. The van der Waals surface area contributed by atoms with Crippen LogP contribution in [0.4, 0.5) is 4.79 Å². The molecule has 0 heterocycles. The van der Waals surface area contributed by atoms with E-state index >= 15 is 0 Å². The zero-order chi connectivity index (χ0) is 7.28. The lowest BCUT2D eigenvalue weighted by Gasteiger charge is -1.89. The van der Waals surface area contributed by atoms with Gasteiger partial charge < -0.3 is 10.6 Å². The average Bonchev–Trinajstić information content (AvgIpc) is 1.63. The third-order valence-electron chi connectivity index (χ3n) is 0.485. The Kier molecular flexibility index (Phi) is 2.84. The standard InChI is InChI=1S/C4H5N3O2/c1-6-2-3(8)7-4(5)9/h2H2,(H3,5,7,8,9). The van der Waals surface area contributed by atoms with Gasteiger partial charge in [0.05, 0.1) is 0 Å². The SMILES string of the molecule is [C-]#[N+]CC(=O)NC(N)=O. The van der Waals surface area contributed by atoms with Crippen LogP contribution in [0.1, 0.15) is 0 Å². The summed E-state index contributed by atoms with van der Waals surface area (Å²) in [5, 5.41) is 1.73. The summed E-state index contributed by atoms with van der Waals surface area (Å²) >= 11 is 0. The van der Waals surface area contributed by atoms with Crippen molar-refractivity contribution >= 4 is 11.9 Å². The molecule has 0 aliphatic heterocycles. The Bertz CT molecular complexity index is 169. The van der Waals surface area contributed by atoms with Crippen molar-refractivity contribution in [3.8, 4) is 0 Å². The van der Waals surface area contributed by atoms with E-state index in [1.165, 1.54) is 0 Å². The molecule has 0 bridgehead atoms. The fraction of sp³-hybridized carbons (Fsp3) is 0.250. The Balaban J connectivity index is 3.54. The maximum atomic E-state index is 10.2. The zero-order valence-electron chi connectivity index (χ0n) is 4.55. The number of primary amides is 1. The summed E-state index contributed by atoms with van der Waals surface area (Å²) in [7, 11) is 0. The van der Waals surface area contributed by atoms with Crippen molar-refractivity contribution in [3.05, 3.63) is 11.4 Å². The molecule has 0 unspecified atom stereocenters. The van der Waals surface area contributed by atoms with Gasteiger partial charge in [0.1, 0.15) is 0 Å². The van der Waals surface area contributed by atoms with E-state index in [4.69, 9.17) is 6.57 Å². The first-order valence-electron chi connectivity index (χ1n) is 2.09. The molecule has 0 fully saturated rings. The van der Waals surface area contributed by atoms with Crippen LogP contribution in [0.25, 0.3) is 4.85 Å². The summed E-state index contributed by atoms with van der Waals surface area (Å²) < 4.78 is 0. The molecule has 0 aromatic rings. The van der Waals surface area contributed by atoms with Crippen LogP contribution in [0.15, 0.2) is 0 Å². The van der Waals surface area contributed by atoms with Gasteiger partial charge in [0.15, 0.2) is 0 Å². The smallest absolute Gasteiger partial charge is 0.319 e. The first-order chi connectivity index (χ1) is 4.16. The molecule has 5 heteroatoms. The summed E-state index contributed by atoms with van der Waals surface area (Å²) in [6, 6.07) is -0.927. The second-order valence-corrected chi connectivity index (χ2v) is 1.23. The molecule has 3 N–H and O–H groups in total. The van der Waals surface area contributed by atoms with Gasteiger partial charge in [-0.2, -0.15) is 0 Å². The third kappa shape index (κ3) is 4.28. The van der Waals surface area contributed by atoms with Gasteiger partial charge in [0, 0.05) is 0 Å². The van der Waals surface area contributed by atoms with E-state index in [-0.39, 0.29) is 6.54 Å². The van der Waals surface area contributed by atoms with Crippen LogP contribution in [0.3, 0.4) is 0 Å². The summed E-state index contributed by atoms with van der Waals surface area (Å²) in [5.41, 5.74) is 4.55. The molecule has 48 valence electrons. The van der Waals surface area contributed by atoms with Gasteiger partial charge in [-0.1, -0.05) is 0 Å². The topological polar surface area (TPSA) is 76.6 Å². The quantitative estimate of drug-likeness (QED) is 0.448. The second-order valence-electron chi connectivity index (χ2n) is 1.23. The van der Waals surface area contributed by atoms with Crippen LogP contribution >= 0.6 is 0 Å². The number of urea groups is 1. The van der Waals surface area contributed by atoms with E-state index in [0.29, 0.717) is 0 Å². The molecular weight excluding hydrogens is 122 g/mol. The molecule has 0 saturated heterocycles. The minimum absolute atomic E-state index is 0.358. The van der Waals surface area contributed by atoms with Gasteiger partial charge in [-0.15, -0.1) is 0 Å². The number of rotatable bonds is 1. The highest BCUT2D eigenvalue weighted by Crippen LogP contribution is 1.67. The van der Waals surface area contributed by atoms with Gasteiger partial charge in [-0.05, 0) is 0 Å². The molecule has 0 aliphatic carbocycles. The molecule has 0 radical (unpaired) electrons. The van der Waals surface area contributed by atoms with E-state index in [1.54, 1.807) is 5.32 Å². The van der Waals surface area contributed by atoms with Crippen molar-refractivity contribution in [3.63, 3.8) is 0 Å². The number of hydrogen-bond acceptors (Lipinski definition) is 2. The average molecular weight is 127 g/mol. The van der Waals surface area contributed by atoms with Crippen molar-refractivity contribution in [1.29, 1.82) is 0 Å². The van der Waals surface area contributed by atoms with E-state index in [1.807, 2.05) is 0 Å². The van der Waals surface area contributed by atoms with Crippen molar-refractivity contribution in [1.82, 2.24) is 5.32 Å². The van der Waals surface area contributed by atoms with Crippen LogP contribution in [0.5, 0.6) is 0 Å². The minimum Gasteiger partial charge on any atom is -0.351 e. The maximum Gasteiger partial charge on any atom is 0.319 e. The molecule has 0 aromatic heterocycles. The Labute approximate surface area is 51.6 Å². The molecule has 0 aliphatic rings. The monoisotopic (exact) mass is 127 g/mol. The lowest BCUT2D eigenvalue weighted by Crippen LogP contribution is -2.36. The predicted molar refractivity (Wildman–Crippen MR) is 29.2 cm³/mol. The lowest BCUT2D eigenvalue weighted by molar-refractivity contribution is -0.118. The van der Waals surface area contributed by atoms with Crippen LogP contribution in [0.2, 0.25) is 0 Å². The summed E-state index contributed by atoms with van der Waals surface area (Å²) in [6.45, 7) is 5.83. The number of nitrogens with one attached hydrogen (secondary N) is 1. The first-order valence-corrected chi connectivity index (χ1v) is 2.09. The number of carbonyl (C=O) groups excluding carboxylic acids is 2. The van der Waals surface area contributed by atoms with Crippen molar-refractivity contribution in [2.24, 2.45) is 5.73 Å². The van der Waals surface area contributed by atoms with Gasteiger partial charge >= 0.3 is 11.9 Å². The molecule has 9 heavy (non-hydrogen) atoms. The molecular formula is C4H5N3O2. The molecule has 0 rings (SSSR count). The van der Waals surface area contributed by atoms with Gasteiger partial charge in [-0.25, -0.2) is 11.4 Å². The Morgan fingerprint density at radius 2 is 2.22 bits per heavy atom. The number of nitrogens with zero attached hydrogens (tertiary/aromatic N) is 1. The van der Waals surface area contributed by atoms with E-state index in [2.05, 4.69) is 10.6 Å². The summed E-state index contributed by atoms with van der Waals surface area (Å²) in [4.78, 5) is 22.8. The second kappa shape index (κ2) is 3.43. The summed E-state index contributed by atoms with van der Waals surface area (Å²) in [5.74, 6) is -0.669. The van der Waals surface area contributed by atoms with Crippen LogP contribution in [-0.2, 0) is 4.79 Å². The number of hydrogen-bond donors (Lipinski definition) is 2. The molecule has 0 saturated carbocycles. The van der Waals surface area contributed by atoms with Crippen molar-refractivity contribution in [2.45, 2.75) is 0 Å². The van der Waals surface area contributed by atoms with E-state index < -0.39 is 11.9 Å². The van der Waals surface area contributed by atoms with Crippen molar-refractivity contribution in [2.75, 3.05) is 6.54 Å². The molecule has 3 amide bonds. The summed E-state index contributed by atoms with van der Waals surface area (Å²) in [6.07, 6.45) is 0. The fourth-order valence-corrected chi connectivity index (χ4v) is 0.249. The highest BCUT2D eigenvalue weighted by Gasteiger charge is 2.04. The predicted octanol–water partition coefficient (Wildman–Crippen LogP) is -0.899. The maximum absolute atomic E-state index is 10.2.